The number of nitrogens with two attached hydrogens (primary N) is 1. The highest BCUT2D eigenvalue weighted by molar-refractivity contribution is 5.86. The lowest BCUT2D eigenvalue weighted by molar-refractivity contribution is 0.179. The highest BCUT2D eigenvalue weighted by Crippen LogP contribution is 2.24. The zero-order valence-corrected chi connectivity index (χ0v) is 12.1. The molecule has 0 spiro atoms. The summed E-state index contributed by atoms with van der Waals surface area (Å²) < 4.78 is 0. The lowest BCUT2D eigenvalue weighted by Gasteiger charge is -2.35. The zero-order chi connectivity index (χ0) is 14.7. The van der Waals surface area contributed by atoms with Crippen molar-refractivity contribution in [2.45, 2.75) is 31.8 Å². The van der Waals surface area contributed by atoms with Crippen LogP contribution in [0.2, 0.25) is 0 Å². The molecule has 2 aromatic carbocycles. The van der Waals surface area contributed by atoms with E-state index < -0.39 is 0 Å². The average Bonchev–Trinajstić information content (AvgIpc) is 2.55. The third-order valence-electron chi connectivity index (χ3n) is 4.32. The van der Waals surface area contributed by atoms with Gasteiger partial charge in [0.2, 0.25) is 0 Å². The molecule has 0 saturated carbocycles. The minimum atomic E-state index is 0.0442. The highest BCUT2D eigenvalue weighted by atomic mass is 16.4. The van der Waals surface area contributed by atoms with Gasteiger partial charge >= 0.3 is 0 Å². The van der Waals surface area contributed by atoms with Gasteiger partial charge in [-0.2, -0.15) is 0 Å². The van der Waals surface area contributed by atoms with Crippen LogP contribution in [0.4, 0.5) is 0 Å². The second-order valence-electron chi connectivity index (χ2n) is 5.65. The van der Waals surface area contributed by atoms with E-state index in [2.05, 4.69) is 52.5 Å². The Balaban J connectivity index is 1.90. The molecule has 0 bridgehead atoms. The molecule has 0 radical (unpaired) electrons. The maximum absolute atomic E-state index is 8.98. The van der Waals surface area contributed by atoms with Crippen LogP contribution >= 0.6 is 0 Å². The van der Waals surface area contributed by atoms with Crippen molar-refractivity contribution in [3.63, 3.8) is 0 Å². The number of oxime groups is 1. The third-order valence-corrected chi connectivity index (χ3v) is 4.32. The summed E-state index contributed by atoms with van der Waals surface area (Å²) in [4.78, 5) is 2.32. The Morgan fingerprint density at radius 2 is 2.00 bits per heavy atom. The second kappa shape index (κ2) is 6.14. The minimum Gasteiger partial charge on any atom is -0.409 e. The average molecular weight is 283 g/mol. The molecule has 2 aromatic rings. The van der Waals surface area contributed by atoms with Crippen LogP contribution in [-0.2, 0) is 6.54 Å². The van der Waals surface area contributed by atoms with Gasteiger partial charge in [0.25, 0.3) is 0 Å². The number of likely N-dealkylation sites (tertiary alicyclic amines) is 1. The number of piperidine rings is 1. The van der Waals surface area contributed by atoms with Crippen LogP contribution < -0.4 is 5.73 Å². The smallest absolute Gasteiger partial charge is 0.156 e. The van der Waals surface area contributed by atoms with E-state index in [0.29, 0.717) is 5.84 Å². The fraction of sp³-hybridized carbons (Fsp3) is 0.353. The maximum Gasteiger partial charge on any atom is 0.156 e. The van der Waals surface area contributed by atoms with Crippen molar-refractivity contribution in [1.82, 2.24) is 4.90 Å². The standard InChI is InChI=1S/C17H21N3O/c18-17(19-21)16-10-3-4-11-20(16)12-14-8-5-7-13-6-1-2-9-15(13)14/h1-2,5-9,16,21H,3-4,10-12H2,(H2,18,19). The summed E-state index contributed by atoms with van der Waals surface area (Å²) in [7, 11) is 0. The van der Waals surface area contributed by atoms with Crippen molar-refractivity contribution in [2.75, 3.05) is 6.54 Å². The lowest BCUT2D eigenvalue weighted by atomic mass is 9.98. The lowest BCUT2D eigenvalue weighted by Crippen LogP contribution is -2.47. The molecule has 1 fully saturated rings. The maximum atomic E-state index is 8.98. The van der Waals surface area contributed by atoms with Crippen molar-refractivity contribution in [2.24, 2.45) is 10.9 Å². The molecule has 1 unspecified atom stereocenters. The Kier molecular flexibility index (Phi) is 4.06. The van der Waals surface area contributed by atoms with Crippen LogP contribution in [0.15, 0.2) is 47.6 Å². The second-order valence-corrected chi connectivity index (χ2v) is 5.65. The van der Waals surface area contributed by atoms with E-state index >= 15 is 0 Å². The molecule has 1 aliphatic heterocycles. The van der Waals surface area contributed by atoms with Crippen molar-refractivity contribution in [3.8, 4) is 0 Å². The van der Waals surface area contributed by atoms with Gasteiger partial charge < -0.3 is 10.9 Å². The van der Waals surface area contributed by atoms with Gasteiger partial charge in [0.1, 0.15) is 0 Å². The van der Waals surface area contributed by atoms with E-state index in [4.69, 9.17) is 10.9 Å². The summed E-state index contributed by atoms with van der Waals surface area (Å²) in [6.07, 6.45) is 3.26. The molecule has 1 heterocycles. The van der Waals surface area contributed by atoms with Gasteiger partial charge in [-0.25, -0.2) is 0 Å². The summed E-state index contributed by atoms with van der Waals surface area (Å²) in [6, 6.07) is 14.9. The van der Waals surface area contributed by atoms with Crippen LogP contribution in [-0.4, -0.2) is 28.5 Å². The summed E-state index contributed by atoms with van der Waals surface area (Å²) in [5.74, 6) is 0.329. The van der Waals surface area contributed by atoms with Crippen LogP contribution in [0.3, 0.4) is 0 Å². The van der Waals surface area contributed by atoms with E-state index in [0.717, 1.165) is 25.9 Å². The first-order valence-electron chi connectivity index (χ1n) is 7.47. The number of hydrogen-bond acceptors (Lipinski definition) is 3. The first-order chi connectivity index (χ1) is 10.3. The fourth-order valence-corrected chi connectivity index (χ4v) is 3.23. The Labute approximate surface area is 124 Å². The van der Waals surface area contributed by atoms with Gasteiger partial charge in [0.15, 0.2) is 5.84 Å². The normalized spacial score (nSPS) is 20.8. The Morgan fingerprint density at radius 3 is 2.86 bits per heavy atom. The van der Waals surface area contributed by atoms with Gasteiger partial charge in [-0.3, -0.25) is 4.90 Å². The monoisotopic (exact) mass is 283 g/mol. The largest absolute Gasteiger partial charge is 0.409 e. The summed E-state index contributed by atoms with van der Waals surface area (Å²) in [5, 5.41) is 14.7. The van der Waals surface area contributed by atoms with Gasteiger partial charge in [0, 0.05) is 6.54 Å². The molecule has 0 amide bonds. The van der Waals surface area contributed by atoms with E-state index in [9.17, 15) is 0 Å². The van der Waals surface area contributed by atoms with Crippen molar-refractivity contribution in [1.29, 1.82) is 0 Å². The SMILES string of the molecule is NC(=NO)C1CCCCN1Cc1cccc2ccccc12. The first-order valence-corrected chi connectivity index (χ1v) is 7.47. The first kappa shape index (κ1) is 13.9. The Hall–Kier alpha value is -2.07. The molecular weight excluding hydrogens is 262 g/mol. The Morgan fingerprint density at radius 1 is 1.19 bits per heavy atom. The quantitative estimate of drug-likeness (QED) is 0.394. The van der Waals surface area contributed by atoms with Crippen molar-refractivity contribution >= 4 is 16.6 Å². The van der Waals surface area contributed by atoms with E-state index in [1.807, 2.05) is 0 Å². The molecule has 4 heteroatoms. The van der Waals surface area contributed by atoms with Crippen molar-refractivity contribution < 1.29 is 5.21 Å². The number of fused-ring (bicyclic) bond motifs is 1. The molecule has 110 valence electrons. The molecule has 21 heavy (non-hydrogen) atoms. The van der Waals surface area contributed by atoms with E-state index in [1.54, 1.807) is 0 Å². The molecule has 3 N–H and O–H groups in total. The Bertz CT molecular complexity index is 648. The predicted molar refractivity (Wildman–Crippen MR) is 85.4 cm³/mol. The zero-order valence-electron chi connectivity index (χ0n) is 12.1. The molecular formula is C17H21N3O. The topological polar surface area (TPSA) is 61.9 Å². The van der Waals surface area contributed by atoms with Crippen LogP contribution in [0.25, 0.3) is 10.8 Å². The number of benzene rings is 2. The highest BCUT2D eigenvalue weighted by Gasteiger charge is 2.26. The molecule has 0 aromatic heterocycles. The third kappa shape index (κ3) is 2.85. The summed E-state index contributed by atoms with van der Waals surface area (Å²) in [5.41, 5.74) is 7.16. The van der Waals surface area contributed by atoms with Crippen molar-refractivity contribution in [3.05, 3.63) is 48.0 Å². The minimum absolute atomic E-state index is 0.0442. The molecule has 1 atom stereocenters. The number of nitrogens with zero attached hydrogens (tertiary/aromatic N) is 2. The molecule has 3 rings (SSSR count). The molecule has 0 aliphatic carbocycles. The van der Waals surface area contributed by atoms with Crippen LogP contribution in [0.1, 0.15) is 24.8 Å². The van der Waals surface area contributed by atoms with E-state index in [1.165, 1.54) is 22.8 Å². The predicted octanol–water partition coefficient (Wildman–Crippen LogP) is 2.94. The number of rotatable bonds is 3. The number of amidine groups is 1. The van der Waals surface area contributed by atoms with E-state index in [-0.39, 0.29) is 6.04 Å². The van der Waals surface area contributed by atoms with Gasteiger partial charge in [-0.1, -0.05) is 54.0 Å². The fourth-order valence-electron chi connectivity index (χ4n) is 3.23. The van der Waals surface area contributed by atoms with Gasteiger partial charge in [-0.05, 0) is 35.7 Å². The summed E-state index contributed by atoms with van der Waals surface area (Å²) in [6.45, 7) is 1.83. The number of hydrogen-bond donors (Lipinski definition) is 2. The van der Waals surface area contributed by atoms with Gasteiger partial charge in [-0.15, -0.1) is 0 Å². The van der Waals surface area contributed by atoms with Crippen LogP contribution in [0, 0.1) is 0 Å². The molecule has 1 saturated heterocycles. The van der Waals surface area contributed by atoms with Gasteiger partial charge in [0.05, 0.1) is 6.04 Å². The van der Waals surface area contributed by atoms with Crippen LogP contribution in [0.5, 0.6) is 0 Å². The molecule has 4 nitrogen and oxygen atoms in total. The summed E-state index contributed by atoms with van der Waals surface area (Å²) >= 11 is 0. The molecule has 1 aliphatic rings.